The number of nitrogens with zero attached hydrogens (tertiary/aromatic N) is 4. The Balaban J connectivity index is 1.29. The van der Waals surface area contributed by atoms with Gasteiger partial charge in [0, 0.05) is 49.4 Å². The zero-order valence-corrected chi connectivity index (χ0v) is 18.1. The van der Waals surface area contributed by atoms with Crippen LogP contribution in [0.3, 0.4) is 0 Å². The standard InChI is InChI=1S/C21H29BrN6/c1-23-20(25-15-21(11-12-21)16-7-4-5-8-17(16)22)24-13-10-19-27-26-18-9-3-2-6-14-28(18)19/h4-5,7-8H,2-3,6,9-15H2,1H3,(H2,23,24,25). The highest BCUT2D eigenvalue weighted by Gasteiger charge is 2.45. The second kappa shape index (κ2) is 8.64. The molecule has 0 spiro atoms. The summed E-state index contributed by atoms with van der Waals surface area (Å²) in [4.78, 5) is 4.40. The van der Waals surface area contributed by atoms with E-state index in [1.165, 1.54) is 42.1 Å². The zero-order valence-electron chi connectivity index (χ0n) is 16.5. The first-order chi connectivity index (χ1) is 13.7. The molecule has 2 aromatic rings. The molecular formula is C21H29BrN6. The summed E-state index contributed by atoms with van der Waals surface area (Å²) in [7, 11) is 1.83. The number of nitrogens with one attached hydrogen (secondary N) is 2. The lowest BCUT2D eigenvalue weighted by Crippen LogP contribution is -2.42. The predicted octanol–water partition coefficient (Wildman–Crippen LogP) is 3.21. The number of benzene rings is 1. The van der Waals surface area contributed by atoms with Crippen LogP contribution in [-0.2, 0) is 24.8 Å². The number of aromatic nitrogens is 3. The van der Waals surface area contributed by atoms with Crippen LogP contribution in [0.4, 0.5) is 0 Å². The molecule has 1 aromatic carbocycles. The Labute approximate surface area is 175 Å². The van der Waals surface area contributed by atoms with E-state index in [1.807, 2.05) is 7.05 Å². The molecule has 2 heterocycles. The smallest absolute Gasteiger partial charge is 0.191 e. The topological polar surface area (TPSA) is 67.1 Å². The molecule has 7 heteroatoms. The maximum Gasteiger partial charge on any atom is 0.191 e. The van der Waals surface area contributed by atoms with E-state index in [2.05, 4.69) is 70.6 Å². The molecule has 2 N–H and O–H groups in total. The number of halogens is 1. The van der Waals surface area contributed by atoms with Gasteiger partial charge in [0.1, 0.15) is 11.6 Å². The molecule has 28 heavy (non-hydrogen) atoms. The lowest BCUT2D eigenvalue weighted by Gasteiger charge is -2.20. The molecular weight excluding hydrogens is 416 g/mol. The van der Waals surface area contributed by atoms with Gasteiger partial charge in [-0.2, -0.15) is 0 Å². The number of rotatable bonds is 6. The lowest BCUT2D eigenvalue weighted by molar-refractivity contribution is 0.598. The van der Waals surface area contributed by atoms with Crippen molar-refractivity contribution >= 4 is 21.9 Å². The number of fused-ring (bicyclic) bond motifs is 1. The first-order valence-electron chi connectivity index (χ1n) is 10.3. The third-order valence-corrected chi connectivity index (χ3v) is 6.64. The Morgan fingerprint density at radius 1 is 1.18 bits per heavy atom. The van der Waals surface area contributed by atoms with Crippen molar-refractivity contribution in [2.45, 2.75) is 56.9 Å². The van der Waals surface area contributed by atoms with Gasteiger partial charge in [0.2, 0.25) is 0 Å². The van der Waals surface area contributed by atoms with Gasteiger partial charge in [0.25, 0.3) is 0 Å². The third kappa shape index (κ3) is 4.24. The molecule has 0 atom stereocenters. The summed E-state index contributed by atoms with van der Waals surface area (Å²) < 4.78 is 3.52. The molecule has 0 saturated heterocycles. The van der Waals surface area contributed by atoms with Crippen LogP contribution >= 0.6 is 15.9 Å². The van der Waals surface area contributed by atoms with Crippen LogP contribution in [0.1, 0.15) is 49.3 Å². The van der Waals surface area contributed by atoms with E-state index in [-0.39, 0.29) is 5.41 Å². The molecule has 0 amide bonds. The first-order valence-corrected chi connectivity index (χ1v) is 11.1. The van der Waals surface area contributed by atoms with E-state index in [0.29, 0.717) is 0 Å². The molecule has 1 aliphatic carbocycles. The number of guanidine groups is 1. The normalized spacial score (nSPS) is 18.3. The van der Waals surface area contributed by atoms with Gasteiger partial charge in [-0.15, -0.1) is 10.2 Å². The van der Waals surface area contributed by atoms with Crippen molar-refractivity contribution in [3.05, 3.63) is 46.0 Å². The Kier molecular flexibility index (Phi) is 5.99. The van der Waals surface area contributed by atoms with Crippen LogP contribution in [0.5, 0.6) is 0 Å². The minimum Gasteiger partial charge on any atom is -0.356 e. The van der Waals surface area contributed by atoms with Crippen molar-refractivity contribution < 1.29 is 0 Å². The SMILES string of the molecule is CN=C(NCCc1nnc2n1CCCCC2)NCC1(c2ccccc2Br)CC1. The Morgan fingerprint density at radius 3 is 2.82 bits per heavy atom. The largest absolute Gasteiger partial charge is 0.356 e. The fourth-order valence-corrected chi connectivity index (χ4v) is 4.79. The van der Waals surface area contributed by atoms with Gasteiger partial charge in [0.05, 0.1) is 0 Å². The summed E-state index contributed by atoms with van der Waals surface area (Å²) in [5.74, 6) is 3.10. The van der Waals surface area contributed by atoms with Gasteiger partial charge < -0.3 is 15.2 Å². The highest BCUT2D eigenvalue weighted by molar-refractivity contribution is 9.10. The van der Waals surface area contributed by atoms with Crippen LogP contribution in [-0.4, -0.2) is 40.9 Å². The molecule has 1 aromatic heterocycles. The van der Waals surface area contributed by atoms with Gasteiger partial charge >= 0.3 is 0 Å². The van der Waals surface area contributed by atoms with Gasteiger partial charge in [-0.3, -0.25) is 4.99 Å². The van der Waals surface area contributed by atoms with Crippen LogP contribution < -0.4 is 10.6 Å². The third-order valence-electron chi connectivity index (χ3n) is 5.94. The molecule has 0 unspecified atom stereocenters. The second-order valence-electron chi connectivity index (χ2n) is 7.86. The van der Waals surface area contributed by atoms with Crippen LogP contribution in [0.15, 0.2) is 33.7 Å². The Morgan fingerprint density at radius 2 is 2.04 bits per heavy atom. The first kappa shape index (κ1) is 19.4. The molecule has 1 saturated carbocycles. The van der Waals surface area contributed by atoms with Crippen molar-refractivity contribution in [3.8, 4) is 0 Å². The average Bonchev–Trinajstić information content (AvgIpc) is 3.46. The van der Waals surface area contributed by atoms with Crippen molar-refractivity contribution in [1.29, 1.82) is 0 Å². The quantitative estimate of drug-likeness (QED) is 0.530. The van der Waals surface area contributed by atoms with E-state index in [1.54, 1.807) is 0 Å². The van der Waals surface area contributed by atoms with Gasteiger partial charge in [0.15, 0.2) is 5.96 Å². The second-order valence-corrected chi connectivity index (χ2v) is 8.71. The molecule has 150 valence electrons. The van der Waals surface area contributed by atoms with Crippen molar-refractivity contribution in [2.75, 3.05) is 20.1 Å². The van der Waals surface area contributed by atoms with Crippen molar-refractivity contribution in [3.63, 3.8) is 0 Å². The van der Waals surface area contributed by atoms with Crippen LogP contribution in [0.25, 0.3) is 0 Å². The van der Waals surface area contributed by atoms with Gasteiger partial charge in [-0.1, -0.05) is 40.5 Å². The number of aliphatic imine (C=N–C) groups is 1. The molecule has 6 nitrogen and oxygen atoms in total. The fraction of sp³-hybridized carbons (Fsp3) is 0.571. The maximum atomic E-state index is 4.41. The van der Waals surface area contributed by atoms with E-state index >= 15 is 0 Å². The van der Waals surface area contributed by atoms with E-state index in [9.17, 15) is 0 Å². The zero-order chi connectivity index (χ0) is 19.4. The highest BCUT2D eigenvalue weighted by Crippen LogP contribution is 2.49. The van der Waals surface area contributed by atoms with Gasteiger partial charge in [-0.25, -0.2) is 0 Å². The molecule has 2 aliphatic rings. The minimum absolute atomic E-state index is 0.224. The van der Waals surface area contributed by atoms with Crippen molar-refractivity contribution in [1.82, 2.24) is 25.4 Å². The monoisotopic (exact) mass is 444 g/mol. The number of hydrogen-bond donors (Lipinski definition) is 2. The summed E-state index contributed by atoms with van der Waals surface area (Å²) in [5, 5.41) is 15.8. The molecule has 1 fully saturated rings. The molecule has 0 bridgehead atoms. The summed E-state index contributed by atoms with van der Waals surface area (Å²) in [6.07, 6.45) is 8.09. The lowest BCUT2D eigenvalue weighted by atomic mass is 9.96. The number of hydrogen-bond acceptors (Lipinski definition) is 3. The predicted molar refractivity (Wildman–Crippen MR) is 116 cm³/mol. The summed E-state index contributed by atoms with van der Waals surface area (Å²) in [6.45, 7) is 2.76. The van der Waals surface area contributed by atoms with E-state index < -0.39 is 0 Å². The summed E-state index contributed by atoms with van der Waals surface area (Å²) >= 11 is 3.71. The van der Waals surface area contributed by atoms with Crippen LogP contribution in [0.2, 0.25) is 0 Å². The maximum absolute atomic E-state index is 4.41. The Hall–Kier alpha value is -1.89. The Bertz CT molecular complexity index is 839. The summed E-state index contributed by atoms with van der Waals surface area (Å²) in [6, 6.07) is 8.55. The highest BCUT2D eigenvalue weighted by atomic mass is 79.9. The average molecular weight is 445 g/mol. The molecule has 0 radical (unpaired) electrons. The van der Waals surface area contributed by atoms with Crippen molar-refractivity contribution in [2.24, 2.45) is 4.99 Å². The van der Waals surface area contributed by atoms with Gasteiger partial charge in [-0.05, 0) is 37.3 Å². The fourth-order valence-electron chi connectivity index (χ4n) is 4.08. The molecule has 1 aliphatic heterocycles. The molecule has 4 rings (SSSR count). The summed E-state index contributed by atoms with van der Waals surface area (Å²) in [5.41, 5.74) is 1.62. The van der Waals surface area contributed by atoms with E-state index in [0.717, 1.165) is 50.1 Å². The number of aryl methyl sites for hydroxylation is 1. The van der Waals surface area contributed by atoms with Crippen LogP contribution in [0, 0.1) is 0 Å². The minimum atomic E-state index is 0.224. The van der Waals surface area contributed by atoms with E-state index in [4.69, 9.17) is 0 Å².